The van der Waals surface area contributed by atoms with E-state index in [-0.39, 0.29) is 5.75 Å². The van der Waals surface area contributed by atoms with Crippen molar-refractivity contribution in [3.8, 4) is 11.5 Å². The summed E-state index contributed by atoms with van der Waals surface area (Å²) in [7, 11) is 0. The molecule has 3 aromatic rings. The molecular weight excluding hydrogens is 478 g/mol. The Bertz CT molecular complexity index is 1180. The number of rotatable bonds is 6. The smallest absolute Gasteiger partial charge is 0.318 e. The summed E-state index contributed by atoms with van der Waals surface area (Å²) < 4.78 is 6.15. The van der Waals surface area contributed by atoms with E-state index < -0.39 is 21.2 Å². The average Bonchev–Trinajstić information content (AvgIpc) is 2.70. The molecule has 3 aromatic carbocycles. The molecule has 0 radical (unpaired) electrons. The van der Waals surface area contributed by atoms with E-state index in [1.54, 1.807) is 30.5 Å². The van der Waals surface area contributed by atoms with E-state index >= 15 is 0 Å². The maximum absolute atomic E-state index is 11.3. The third kappa shape index (κ3) is 4.81. The van der Waals surface area contributed by atoms with Crippen molar-refractivity contribution in [1.82, 2.24) is 0 Å². The van der Waals surface area contributed by atoms with E-state index in [1.165, 1.54) is 6.07 Å². The summed E-state index contributed by atoms with van der Waals surface area (Å²) >= 11 is 9.47. The molecule has 0 aliphatic rings. The molecular formula is C20H13BrClN3O5. The highest BCUT2D eigenvalue weighted by Gasteiger charge is 2.21. The highest BCUT2D eigenvalue weighted by molar-refractivity contribution is 9.10. The second-order valence-electron chi connectivity index (χ2n) is 6.10. The average molecular weight is 491 g/mol. The lowest BCUT2D eigenvalue weighted by atomic mass is 10.2. The molecule has 8 nitrogen and oxygen atoms in total. The Hall–Kier alpha value is -3.30. The minimum absolute atomic E-state index is 0.109. The van der Waals surface area contributed by atoms with Gasteiger partial charge in [-0.2, -0.15) is 0 Å². The first-order chi connectivity index (χ1) is 14.3. The van der Waals surface area contributed by atoms with E-state index in [2.05, 4.69) is 20.9 Å². The van der Waals surface area contributed by atoms with Gasteiger partial charge in [0.05, 0.1) is 26.1 Å². The molecule has 0 aliphatic carbocycles. The molecule has 0 fully saturated rings. The minimum atomic E-state index is -0.732. The maximum Gasteiger partial charge on any atom is 0.318 e. The number of nitro benzene ring substituents is 2. The lowest BCUT2D eigenvalue weighted by molar-refractivity contribution is -0.394. The van der Waals surface area contributed by atoms with Gasteiger partial charge in [-0.3, -0.25) is 25.2 Å². The Kier molecular flexibility index (Phi) is 6.43. The zero-order valence-corrected chi connectivity index (χ0v) is 17.8. The lowest BCUT2D eigenvalue weighted by Gasteiger charge is -2.09. The van der Waals surface area contributed by atoms with Gasteiger partial charge in [-0.25, -0.2) is 0 Å². The van der Waals surface area contributed by atoms with Crippen LogP contribution < -0.4 is 4.74 Å². The van der Waals surface area contributed by atoms with Crippen LogP contribution in [0.5, 0.6) is 11.5 Å². The van der Waals surface area contributed by atoms with Gasteiger partial charge in [0.15, 0.2) is 0 Å². The molecule has 0 amide bonds. The first-order valence-electron chi connectivity index (χ1n) is 8.45. The monoisotopic (exact) mass is 489 g/mol. The van der Waals surface area contributed by atoms with Crippen LogP contribution in [0.25, 0.3) is 0 Å². The minimum Gasteiger partial charge on any atom is -0.449 e. The predicted octanol–water partition coefficient (Wildman–Crippen LogP) is 6.77. The van der Waals surface area contributed by atoms with Crippen molar-refractivity contribution in [2.24, 2.45) is 4.99 Å². The number of nitro groups is 2. The van der Waals surface area contributed by atoms with Crippen LogP contribution in [0.3, 0.4) is 0 Å². The second kappa shape index (κ2) is 9.02. The highest BCUT2D eigenvalue weighted by Crippen LogP contribution is 2.37. The molecule has 0 N–H and O–H groups in total. The molecule has 0 spiro atoms. The Morgan fingerprint density at radius 3 is 2.43 bits per heavy atom. The number of ether oxygens (including phenoxy) is 1. The molecule has 0 saturated heterocycles. The van der Waals surface area contributed by atoms with Gasteiger partial charge in [0.25, 0.3) is 5.69 Å². The van der Waals surface area contributed by atoms with Crippen LogP contribution in [0.2, 0.25) is 5.02 Å². The van der Waals surface area contributed by atoms with E-state index in [0.29, 0.717) is 15.2 Å². The van der Waals surface area contributed by atoms with Gasteiger partial charge in [-0.05, 0) is 70.4 Å². The first kappa shape index (κ1) is 21.4. The fourth-order valence-corrected chi connectivity index (χ4v) is 3.17. The van der Waals surface area contributed by atoms with Gasteiger partial charge in [-0.15, -0.1) is 0 Å². The van der Waals surface area contributed by atoms with E-state index in [9.17, 15) is 20.2 Å². The van der Waals surface area contributed by atoms with Crippen molar-refractivity contribution in [3.63, 3.8) is 0 Å². The Labute approximate surface area is 184 Å². The van der Waals surface area contributed by atoms with Crippen molar-refractivity contribution >= 4 is 50.8 Å². The standard InChI is InChI=1S/C20H13BrClN3O5/c1-12-16(22)3-2-4-17(12)23-11-13-5-7-19(15(21)9-13)30-20-8-6-14(24(26)27)10-18(20)25(28)29/h2-11H,1H3. The summed E-state index contributed by atoms with van der Waals surface area (Å²) in [5, 5.41) is 22.7. The molecule has 152 valence electrons. The number of halogens is 2. The Morgan fingerprint density at radius 1 is 1.03 bits per heavy atom. The van der Waals surface area contributed by atoms with Crippen LogP contribution in [0, 0.1) is 27.2 Å². The molecule has 0 aliphatic heterocycles. The number of aliphatic imine (C=N–C) groups is 1. The Balaban J connectivity index is 1.86. The summed E-state index contributed by atoms with van der Waals surface area (Å²) in [5.74, 6) is 0.199. The van der Waals surface area contributed by atoms with E-state index in [0.717, 1.165) is 28.9 Å². The summed E-state index contributed by atoms with van der Waals surface area (Å²) in [6.07, 6.45) is 1.65. The third-order valence-corrected chi connectivity index (χ3v) is 5.15. The summed E-state index contributed by atoms with van der Waals surface area (Å²) in [5.41, 5.74) is 1.46. The largest absolute Gasteiger partial charge is 0.449 e. The fraction of sp³-hybridized carbons (Fsp3) is 0.0500. The number of benzene rings is 3. The molecule has 0 bridgehead atoms. The molecule has 3 rings (SSSR count). The van der Waals surface area contributed by atoms with Gasteiger partial charge >= 0.3 is 5.69 Å². The molecule has 0 heterocycles. The summed E-state index contributed by atoms with van der Waals surface area (Å²) in [6.45, 7) is 1.87. The fourth-order valence-electron chi connectivity index (χ4n) is 2.53. The van der Waals surface area contributed by atoms with Crippen molar-refractivity contribution in [2.75, 3.05) is 0 Å². The summed E-state index contributed by atoms with van der Waals surface area (Å²) in [4.78, 5) is 25.1. The van der Waals surface area contributed by atoms with E-state index in [4.69, 9.17) is 16.3 Å². The topological polar surface area (TPSA) is 108 Å². The number of hydrogen-bond acceptors (Lipinski definition) is 6. The quantitative estimate of drug-likeness (QED) is 0.215. The lowest BCUT2D eigenvalue weighted by Crippen LogP contribution is -1.96. The zero-order valence-electron chi connectivity index (χ0n) is 15.4. The van der Waals surface area contributed by atoms with Gasteiger partial charge in [0, 0.05) is 17.3 Å². The molecule has 0 unspecified atom stereocenters. The normalized spacial score (nSPS) is 10.9. The Morgan fingerprint density at radius 2 is 1.77 bits per heavy atom. The number of nitrogens with zero attached hydrogens (tertiary/aromatic N) is 3. The van der Waals surface area contributed by atoms with Crippen LogP contribution in [0.4, 0.5) is 17.1 Å². The number of hydrogen-bond donors (Lipinski definition) is 0. The molecule has 0 saturated carbocycles. The molecule has 30 heavy (non-hydrogen) atoms. The molecule has 10 heteroatoms. The zero-order chi connectivity index (χ0) is 21.8. The highest BCUT2D eigenvalue weighted by atomic mass is 79.9. The molecule has 0 aromatic heterocycles. The third-order valence-electron chi connectivity index (χ3n) is 4.12. The van der Waals surface area contributed by atoms with Crippen molar-refractivity contribution in [3.05, 3.63) is 95.4 Å². The maximum atomic E-state index is 11.3. The van der Waals surface area contributed by atoms with Gasteiger partial charge < -0.3 is 4.74 Å². The number of non-ortho nitro benzene ring substituents is 1. The van der Waals surface area contributed by atoms with Crippen LogP contribution in [0.1, 0.15) is 11.1 Å². The van der Waals surface area contributed by atoms with Crippen LogP contribution in [-0.4, -0.2) is 16.1 Å². The summed E-state index contributed by atoms with van der Waals surface area (Å²) in [6, 6.07) is 13.7. The van der Waals surface area contributed by atoms with Crippen molar-refractivity contribution < 1.29 is 14.6 Å². The van der Waals surface area contributed by atoms with Crippen LogP contribution in [0.15, 0.2) is 64.1 Å². The first-order valence-corrected chi connectivity index (χ1v) is 9.63. The van der Waals surface area contributed by atoms with Crippen molar-refractivity contribution in [1.29, 1.82) is 0 Å². The van der Waals surface area contributed by atoms with Crippen LogP contribution >= 0.6 is 27.5 Å². The molecule has 0 atom stereocenters. The second-order valence-corrected chi connectivity index (χ2v) is 7.36. The van der Waals surface area contributed by atoms with Gasteiger partial charge in [0.1, 0.15) is 5.75 Å². The van der Waals surface area contributed by atoms with Crippen molar-refractivity contribution in [2.45, 2.75) is 6.92 Å². The van der Waals surface area contributed by atoms with Crippen LogP contribution in [-0.2, 0) is 0 Å². The van der Waals surface area contributed by atoms with Gasteiger partial charge in [0.2, 0.25) is 5.75 Å². The SMILES string of the molecule is Cc1c(Cl)cccc1N=Cc1ccc(Oc2ccc([N+](=O)[O-])cc2[N+](=O)[O-])c(Br)c1. The van der Waals surface area contributed by atoms with E-state index in [1.807, 2.05) is 19.1 Å². The predicted molar refractivity (Wildman–Crippen MR) is 117 cm³/mol. The van der Waals surface area contributed by atoms with Gasteiger partial charge in [-0.1, -0.05) is 17.7 Å².